The molecule has 0 spiro atoms. The molecule has 0 radical (unpaired) electrons. The van der Waals surface area contributed by atoms with Crippen molar-refractivity contribution >= 4 is 11.4 Å². The van der Waals surface area contributed by atoms with Gasteiger partial charge in [-0.1, -0.05) is 6.07 Å². The Labute approximate surface area is 147 Å². The fourth-order valence-electron chi connectivity index (χ4n) is 3.33. The highest BCUT2D eigenvalue weighted by molar-refractivity contribution is 5.66. The van der Waals surface area contributed by atoms with Crippen LogP contribution < -0.4 is 15.4 Å². The van der Waals surface area contributed by atoms with Gasteiger partial charge >= 0.3 is 0 Å². The number of nitrogens with two attached hydrogens (primary N) is 1. The van der Waals surface area contributed by atoms with Crippen LogP contribution in [-0.2, 0) is 13.0 Å². The highest BCUT2D eigenvalue weighted by atomic mass is 16.5. The van der Waals surface area contributed by atoms with Crippen LogP contribution in [0.1, 0.15) is 17.9 Å². The average Bonchev–Trinajstić information content (AvgIpc) is 3.11. The zero-order chi connectivity index (χ0) is 17.2. The molecule has 25 heavy (non-hydrogen) atoms. The third-order valence-electron chi connectivity index (χ3n) is 4.64. The Hall–Kier alpha value is -2.95. The van der Waals surface area contributed by atoms with Gasteiger partial charge in [-0.15, -0.1) is 0 Å². The number of oxazole rings is 1. The van der Waals surface area contributed by atoms with E-state index in [1.165, 1.54) is 11.3 Å². The molecular formula is C20H21N3O2. The standard InChI is InChI=1S/C20H21N3O2/c1-24-15-9-7-14(8-10-15)19-12-22-20(25-19)13-23-11-3-4-16-17(21)5-2-6-18(16)23/h2,5-10,12H,3-4,11,13,21H2,1H3. The monoisotopic (exact) mass is 335 g/mol. The number of nitrogen functional groups attached to an aromatic ring is 1. The van der Waals surface area contributed by atoms with Gasteiger partial charge in [0.2, 0.25) is 5.89 Å². The molecule has 5 nitrogen and oxygen atoms in total. The van der Waals surface area contributed by atoms with E-state index in [2.05, 4.69) is 16.0 Å². The van der Waals surface area contributed by atoms with Gasteiger partial charge in [-0.3, -0.25) is 0 Å². The van der Waals surface area contributed by atoms with Crippen LogP contribution in [0.15, 0.2) is 53.1 Å². The number of anilines is 2. The first-order valence-corrected chi connectivity index (χ1v) is 8.46. The maximum Gasteiger partial charge on any atom is 0.214 e. The summed E-state index contributed by atoms with van der Waals surface area (Å²) in [6.45, 7) is 1.63. The maximum atomic E-state index is 6.12. The Kier molecular flexibility index (Phi) is 4.06. The van der Waals surface area contributed by atoms with Gasteiger partial charge in [0.25, 0.3) is 0 Å². The summed E-state index contributed by atoms with van der Waals surface area (Å²) in [6.07, 6.45) is 3.90. The van der Waals surface area contributed by atoms with Crippen molar-refractivity contribution in [3.8, 4) is 17.1 Å². The molecule has 2 aromatic carbocycles. The number of aromatic nitrogens is 1. The van der Waals surface area contributed by atoms with Crippen molar-refractivity contribution in [3.63, 3.8) is 0 Å². The molecule has 0 unspecified atom stereocenters. The van der Waals surface area contributed by atoms with Crippen molar-refractivity contribution < 1.29 is 9.15 Å². The molecule has 0 fully saturated rings. The van der Waals surface area contributed by atoms with Crippen LogP contribution in [0.2, 0.25) is 0 Å². The van der Waals surface area contributed by atoms with Gasteiger partial charge in [-0.25, -0.2) is 4.98 Å². The van der Waals surface area contributed by atoms with Crippen LogP contribution in [0.3, 0.4) is 0 Å². The molecule has 0 saturated carbocycles. The maximum absolute atomic E-state index is 6.12. The van der Waals surface area contributed by atoms with E-state index < -0.39 is 0 Å². The second-order valence-electron chi connectivity index (χ2n) is 6.22. The molecule has 2 heterocycles. The van der Waals surface area contributed by atoms with Crippen LogP contribution in [0, 0.1) is 0 Å². The van der Waals surface area contributed by atoms with E-state index in [1.807, 2.05) is 36.4 Å². The SMILES string of the molecule is COc1ccc(-c2cnc(CN3CCCc4c(N)cccc43)o2)cc1. The molecule has 1 aromatic heterocycles. The lowest BCUT2D eigenvalue weighted by atomic mass is 10.00. The molecule has 0 atom stereocenters. The highest BCUT2D eigenvalue weighted by Gasteiger charge is 2.20. The lowest BCUT2D eigenvalue weighted by Crippen LogP contribution is -2.29. The topological polar surface area (TPSA) is 64.5 Å². The Morgan fingerprint density at radius 3 is 2.84 bits per heavy atom. The molecule has 0 aliphatic carbocycles. The van der Waals surface area contributed by atoms with Crippen LogP contribution in [-0.4, -0.2) is 18.6 Å². The molecule has 0 bridgehead atoms. The van der Waals surface area contributed by atoms with Gasteiger partial charge in [0.05, 0.1) is 19.9 Å². The highest BCUT2D eigenvalue weighted by Crippen LogP contribution is 2.32. The molecule has 1 aliphatic rings. The van der Waals surface area contributed by atoms with Gasteiger partial charge < -0.3 is 19.8 Å². The van der Waals surface area contributed by atoms with Gasteiger partial charge in [-0.2, -0.15) is 0 Å². The van der Waals surface area contributed by atoms with Gasteiger partial charge in [0.15, 0.2) is 5.76 Å². The minimum Gasteiger partial charge on any atom is -0.497 e. The van der Waals surface area contributed by atoms with Crippen molar-refractivity contribution in [2.24, 2.45) is 0 Å². The zero-order valence-electron chi connectivity index (χ0n) is 14.2. The first-order chi connectivity index (χ1) is 12.2. The molecule has 2 N–H and O–H groups in total. The lowest BCUT2D eigenvalue weighted by Gasteiger charge is -2.30. The molecule has 0 saturated heterocycles. The normalized spacial score (nSPS) is 13.6. The van der Waals surface area contributed by atoms with E-state index in [-0.39, 0.29) is 0 Å². The number of methoxy groups -OCH3 is 1. The number of ether oxygens (including phenoxy) is 1. The first kappa shape index (κ1) is 15.6. The Bertz CT molecular complexity index is 871. The van der Waals surface area contributed by atoms with Crippen molar-refractivity contribution in [3.05, 3.63) is 60.1 Å². The summed E-state index contributed by atoms with van der Waals surface area (Å²) < 4.78 is 11.2. The zero-order valence-corrected chi connectivity index (χ0v) is 14.2. The van der Waals surface area contributed by atoms with E-state index in [0.29, 0.717) is 12.4 Å². The number of fused-ring (bicyclic) bond motifs is 1. The van der Waals surface area contributed by atoms with Crippen LogP contribution >= 0.6 is 0 Å². The number of benzene rings is 2. The van der Waals surface area contributed by atoms with Crippen LogP contribution in [0.5, 0.6) is 5.75 Å². The van der Waals surface area contributed by atoms with Gasteiger partial charge in [0.1, 0.15) is 5.75 Å². The molecule has 4 rings (SSSR count). The smallest absolute Gasteiger partial charge is 0.214 e. The van der Waals surface area contributed by atoms with Crippen LogP contribution in [0.25, 0.3) is 11.3 Å². The van der Waals surface area contributed by atoms with E-state index in [1.54, 1.807) is 13.3 Å². The second-order valence-corrected chi connectivity index (χ2v) is 6.22. The molecule has 128 valence electrons. The number of hydrogen-bond acceptors (Lipinski definition) is 5. The fraction of sp³-hybridized carbons (Fsp3) is 0.250. The molecular weight excluding hydrogens is 314 g/mol. The van der Waals surface area contributed by atoms with Crippen LogP contribution in [0.4, 0.5) is 11.4 Å². The third kappa shape index (κ3) is 3.05. The second kappa shape index (κ2) is 6.51. The van der Waals surface area contributed by atoms with E-state index >= 15 is 0 Å². The minimum absolute atomic E-state index is 0.645. The summed E-state index contributed by atoms with van der Waals surface area (Å²) in [7, 11) is 1.66. The predicted octanol–water partition coefficient (Wildman–Crippen LogP) is 3.89. The Morgan fingerprint density at radius 2 is 2.04 bits per heavy atom. The van der Waals surface area contributed by atoms with Crippen molar-refractivity contribution in [2.75, 3.05) is 24.3 Å². The Balaban J connectivity index is 1.55. The molecule has 0 amide bonds. The summed E-state index contributed by atoms with van der Waals surface area (Å²) in [5.41, 5.74) is 10.4. The number of hydrogen-bond donors (Lipinski definition) is 1. The third-order valence-corrected chi connectivity index (χ3v) is 4.64. The number of nitrogens with zero attached hydrogens (tertiary/aromatic N) is 2. The minimum atomic E-state index is 0.645. The number of rotatable bonds is 4. The lowest BCUT2D eigenvalue weighted by molar-refractivity contribution is 0.415. The quantitative estimate of drug-likeness (QED) is 0.733. The van der Waals surface area contributed by atoms with E-state index in [0.717, 1.165) is 42.1 Å². The van der Waals surface area contributed by atoms with Crippen molar-refractivity contribution in [1.82, 2.24) is 4.98 Å². The summed E-state index contributed by atoms with van der Waals surface area (Å²) >= 11 is 0. The van der Waals surface area contributed by atoms with Crippen molar-refractivity contribution in [2.45, 2.75) is 19.4 Å². The predicted molar refractivity (Wildman–Crippen MR) is 98.7 cm³/mol. The fourth-order valence-corrected chi connectivity index (χ4v) is 3.33. The summed E-state index contributed by atoms with van der Waals surface area (Å²) in [5, 5.41) is 0. The van der Waals surface area contributed by atoms with E-state index in [4.69, 9.17) is 14.9 Å². The molecule has 1 aliphatic heterocycles. The molecule has 5 heteroatoms. The Morgan fingerprint density at radius 1 is 1.20 bits per heavy atom. The summed E-state index contributed by atoms with van der Waals surface area (Å²) in [4.78, 5) is 6.74. The molecule has 3 aromatic rings. The average molecular weight is 335 g/mol. The summed E-state index contributed by atoms with van der Waals surface area (Å²) in [5.74, 6) is 2.30. The van der Waals surface area contributed by atoms with E-state index in [9.17, 15) is 0 Å². The van der Waals surface area contributed by atoms with Gasteiger partial charge in [0, 0.05) is 23.5 Å². The first-order valence-electron chi connectivity index (χ1n) is 8.46. The summed E-state index contributed by atoms with van der Waals surface area (Å²) in [6, 6.07) is 13.9. The largest absolute Gasteiger partial charge is 0.497 e. The van der Waals surface area contributed by atoms with Crippen molar-refractivity contribution in [1.29, 1.82) is 0 Å². The van der Waals surface area contributed by atoms with Gasteiger partial charge in [-0.05, 0) is 54.8 Å².